The van der Waals surface area contributed by atoms with E-state index in [-0.39, 0.29) is 5.56 Å². The Kier molecular flexibility index (Phi) is 7.56. The number of benzene rings is 4. The van der Waals surface area contributed by atoms with Gasteiger partial charge in [0, 0.05) is 29.4 Å². The Hall–Kier alpha value is -5.09. The molecule has 5 rings (SSSR count). The Labute approximate surface area is 228 Å². The summed E-state index contributed by atoms with van der Waals surface area (Å²) in [7, 11) is 3.19. The molecule has 5 aromatic rings. The van der Waals surface area contributed by atoms with E-state index in [4.69, 9.17) is 18.9 Å². The molecule has 0 aliphatic carbocycles. The molecule has 0 bridgehead atoms. The van der Waals surface area contributed by atoms with E-state index in [1.807, 2.05) is 48.5 Å². The van der Waals surface area contributed by atoms with Crippen molar-refractivity contribution in [3.63, 3.8) is 0 Å². The van der Waals surface area contributed by atoms with Crippen molar-refractivity contribution in [2.45, 2.75) is 0 Å². The highest BCUT2D eigenvalue weighted by molar-refractivity contribution is 7.18. The van der Waals surface area contributed by atoms with Crippen LogP contribution in [0.4, 0.5) is 10.8 Å². The number of aromatic carboxylic acids is 1. The molecule has 0 aliphatic heterocycles. The lowest BCUT2D eigenvalue weighted by Gasteiger charge is -2.12. The Balaban J connectivity index is 1.46. The first kappa shape index (κ1) is 25.6. The normalized spacial score (nSPS) is 10.5. The number of aromatic nitrogens is 2. The summed E-state index contributed by atoms with van der Waals surface area (Å²) in [5.41, 5.74) is 1.49. The van der Waals surface area contributed by atoms with Crippen molar-refractivity contribution in [3.05, 3.63) is 96.6 Å². The van der Waals surface area contributed by atoms with Crippen molar-refractivity contribution >= 4 is 28.1 Å². The van der Waals surface area contributed by atoms with Gasteiger partial charge in [-0.2, -0.15) is 0 Å². The first-order chi connectivity index (χ1) is 19.0. The quantitative estimate of drug-likeness (QED) is 0.189. The molecule has 0 unspecified atom stereocenters. The first-order valence-corrected chi connectivity index (χ1v) is 12.5. The number of carbonyl (C=O) groups is 1. The Morgan fingerprint density at radius 1 is 0.718 bits per heavy atom. The van der Waals surface area contributed by atoms with Crippen molar-refractivity contribution in [3.8, 4) is 45.1 Å². The van der Waals surface area contributed by atoms with E-state index in [1.165, 1.54) is 23.5 Å². The molecule has 0 radical (unpaired) electrons. The van der Waals surface area contributed by atoms with Crippen LogP contribution in [-0.2, 0) is 0 Å². The molecule has 196 valence electrons. The molecular formula is C29H23N3O6S. The number of methoxy groups -OCH3 is 2. The second-order valence-corrected chi connectivity index (χ2v) is 9.16. The molecule has 0 spiro atoms. The monoisotopic (exact) mass is 541 g/mol. The zero-order chi connectivity index (χ0) is 27.2. The average molecular weight is 542 g/mol. The highest BCUT2D eigenvalue weighted by Gasteiger charge is 2.13. The number of ether oxygens (including phenoxy) is 4. The number of nitrogens with one attached hydrogen (secondary N) is 1. The SMILES string of the molecule is COc1cccc(Oc2cc(Oc3cccc(OC)c3)cc(-c3nnc(Nc4cccc(C(=O)O)c4)s3)c2)c1. The minimum atomic E-state index is -1.01. The molecule has 0 amide bonds. The molecule has 4 aromatic carbocycles. The van der Waals surface area contributed by atoms with Gasteiger partial charge >= 0.3 is 5.97 Å². The molecule has 2 N–H and O–H groups in total. The van der Waals surface area contributed by atoms with Gasteiger partial charge in [-0.25, -0.2) is 4.79 Å². The van der Waals surface area contributed by atoms with E-state index >= 15 is 0 Å². The number of hydrogen-bond acceptors (Lipinski definition) is 9. The molecular weight excluding hydrogens is 518 g/mol. The predicted molar refractivity (Wildman–Crippen MR) is 148 cm³/mol. The predicted octanol–water partition coefficient (Wildman–Crippen LogP) is 7.25. The standard InChI is InChI=1S/C29H23N3O6S/c1-35-21-8-4-10-23(15-21)37-25-13-19(14-26(17-25)38-24-11-5-9-22(16-24)36-2)27-31-32-29(39-27)30-20-7-3-6-18(12-20)28(33)34/h3-17H,1-2H3,(H,30,32)(H,33,34). The summed E-state index contributed by atoms with van der Waals surface area (Å²) >= 11 is 1.31. The molecule has 39 heavy (non-hydrogen) atoms. The smallest absolute Gasteiger partial charge is 0.335 e. The van der Waals surface area contributed by atoms with Gasteiger partial charge in [0.15, 0.2) is 0 Å². The van der Waals surface area contributed by atoms with Gasteiger partial charge in [-0.15, -0.1) is 10.2 Å². The van der Waals surface area contributed by atoms with Crippen LogP contribution in [0.1, 0.15) is 10.4 Å². The Bertz CT molecular complexity index is 1550. The van der Waals surface area contributed by atoms with Gasteiger partial charge in [-0.05, 0) is 54.6 Å². The first-order valence-electron chi connectivity index (χ1n) is 11.7. The number of carboxylic acids is 1. The minimum Gasteiger partial charge on any atom is -0.497 e. The number of rotatable bonds is 10. The Morgan fingerprint density at radius 2 is 1.28 bits per heavy atom. The van der Waals surface area contributed by atoms with Crippen LogP contribution in [0, 0.1) is 0 Å². The lowest BCUT2D eigenvalue weighted by atomic mass is 10.2. The van der Waals surface area contributed by atoms with Crippen LogP contribution in [0.5, 0.6) is 34.5 Å². The fourth-order valence-electron chi connectivity index (χ4n) is 3.66. The molecule has 0 fully saturated rings. The van der Waals surface area contributed by atoms with Crippen LogP contribution in [0.3, 0.4) is 0 Å². The number of nitrogens with zero attached hydrogens (tertiary/aromatic N) is 2. The van der Waals surface area contributed by atoms with Gasteiger partial charge in [0.1, 0.15) is 39.5 Å². The van der Waals surface area contributed by atoms with E-state index in [0.717, 1.165) is 5.56 Å². The second-order valence-electron chi connectivity index (χ2n) is 8.18. The number of hydrogen-bond donors (Lipinski definition) is 2. The average Bonchev–Trinajstić information content (AvgIpc) is 3.42. The van der Waals surface area contributed by atoms with E-state index < -0.39 is 5.97 Å². The van der Waals surface area contributed by atoms with E-state index in [0.29, 0.717) is 50.3 Å². The fraction of sp³-hybridized carbons (Fsp3) is 0.0690. The van der Waals surface area contributed by atoms with Gasteiger partial charge in [0.2, 0.25) is 5.13 Å². The van der Waals surface area contributed by atoms with E-state index in [1.54, 1.807) is 44.6 Å². The molecule has 0 aliphatic rings. The highest BCUT2D eigenvalue weighted by Crippen LogP contribution is 2.37. The van der Waals surface area contributed by atoms with Gasteiger partial charge < -0.3 is 29.4 Å². The van der Waals surface area contributed by atoms with Gasteiger partial charge in [0.25, 0.3) is 0 Å². The summed E-state index contributed by atoms with van der Waals surface area (Å²) in [5, 5.41) is 22.0. The lowest BCUT2D eigenvalue weighted by molar-refractivity contribution is 0.0697. The van der Waals surface area contributed by atoms with Crippen LogP contribution in [0.2, 0.25) is 0 Å². The number of carboxylic acid groups (broad SMARTS) is 1. The van der Waals surface area contributed by atoms with Crippen LogP contribution < -0.4 is 24.3 Å². The molecule has 0 atom stereocenters. The van der Waals surface area contributed by atoms with Crippen molar-refractivity contribution in [1.82, 2.24) is 10.2 Å². The summed E-state index contributed by atoms with van der Waals surface area (Å²) in [6.07, 6.45) is 0. The third-order valence-corrected chi connectivity index (χ3v) is 6.35. The minimum absolute atomic E-state index is 0.173. The Morgan fingerprint density at radius 3 is 1.87 bits per heavy atom. The molecule has 0 saturated carbocycles. The fourth-order valence-corrected chi connectivity index (χ4v) is 4.41. The maximum Gasteiger partial charge on any atom is 0.335 e. The highest BCUT2D eigenvalue weighted by atomic mass is 32.1. The van der Waals surface area contributed by atoms with Crippen LogP contribution in [0.15, 0.2) is 91.0 Å². The third-order valence-electron chi connectivity index (χ3n) is 5.47. The van der Waals surface area contributed by atoms with Crippen molar-refractivity contribution in [2.24, 2.45) is 0 Å². The summed E-state index contributed by atoms with van der Waals surface area (Å²) in [4.78, 5) is 11.3. The van der Waals surface area contributed by atoms with Crippen molar-refractivity contribution < 1.29 is 28.8 Å². The summed E-state index contributed by atoms with van der Waals surface area (Å²) in [6, 6.07) is 26.5. The van der Waals surface area contributed by atoms with Crippen molar-refractivity contribution in [1.29, 1.82) is 0 Å². The van der Waals surface area contributed by atoms with E-state index in [2.05, 4.69) is 15.5 Å². The second kappa shape index (κ2) is 11.5. The summed E-state index contributed by atoms with van der Waals surface area (Å²) in [6.45, 7) is 0. The van der Waals surface area contributed by atoms with E-state index in [9.17, 15) is 9.90 Å². The van der Waals surface area contributed by atoms with Gasteiger partial charge in [-0.1, -0.05) is 29.5 Å². The van der Waals surface area contributed by atoms with Crippen LogP contribution in [0.25, 0.3) is 10.6 Å². The molecule has 1 aromatic heterocycles. The molecule has 0 saturated heterocycles. The lowest BCUT2D eigenvalue weighted by Crippen LogP contribution is -1.97. The van der Waals surface area contributed by atoms with Gasteiger partial charge in [0.05, 0.1) is 19.8 Å². The summed E-state index contributed by atoms with van der Waals surface area (Å²) in [5.74, 6) is 2.57. The zero-order valence-corrected chi connectivity index (χ0v) is 21.8. The zero-order valence-electron chi connectivity index (χ0n) is 21.0. The van der Waals surface area contributed by atoms with Crippen LogP contribution in [-0.4, -0.2) is 35.5 Å². The van der Waals surface area contributed by atoms with Crippen LogP contribution >= 0.6 is 11.3 Å². The molecule has 1 heterocycles. The topological polar surface area (TPSA) is 112 Å². The maximum atomic E-state index is 11.3. The maximum absolute atomic E-state index is 11.3. The largest absolute Gasteiger partial charge is 0.497 e. The third kappa shape index (κ3) is 6.43. The number of anilines is 2. The van der Waals surface area contributed by atoms with Crippen molar-refractivity contribution in [2.75, 3.05) is 19.5 Å². The molecule has 10 heteroatoms. The molecule has 9 nitrogen and oxygen atoms in total. The summed E-state index contributed by atoms with van der Waals surface area (Å²) < 4.78 is 22.9. The van der Waals surface area contributed by atoms with Gasteiger partial charge in [-0.3, -0.25) is 0 Å².